The van der Waals surface area contributed by atoms with Crippen LogP contribution in [0.3, 0.4) is 0 Å². The summed E-state index contributed by atoms with van der Waals surface area (Å²) in [4.78, 5) is 23.1. The van der Waals surface area contributed by atoms with Crippen LogP contribution in [0.4, 0.5) is 0 Å². The summed E-state index contributed by atoms with van der Waals surface area (Å²) in [5, 5.41) is 16.1. The predicted octanol–water partition coefficient (Wildman–Crippen LogP) is 3.51. The first-order chi connectivity index (χ1) is 12.8. The molecule has 2 aromatic rings. The van der Waals surface area contributed by atoms with Crippen molar-refractivity contribution in [2.24, 2.45) is 0 Å². The summed E-state index contributed by atoms with van der Waals surface area (Å²) in [5.74, 6) is -0.774. The standard InChI is InChI=1S/C20H27N3O4/c1-5-16(6-2)23-13(3)11-18(22-23)20(26)21-14(4)15-7-9-17(10-8-15)27-12-19(24)25/h7-11,14,16H,5-6,12H2,1-4H3,(H,21,26)(H,24,25). The van der Waals surface area contributed by atoms with Gasteiger partial charge in [0.05, 0.1) is 12.1 Å². The summed E-state index contributed by atoms with van der Waals surface area (Å²) in [7, 11) is 0. The van der Waals surface area contributed by atoms with Gasteiger partial charge in [0.1, 0.15) is 11.4 Å². The van der Waals surface area contributed by atoms with Gasteiger partial charge in [-0.3, -0.25) is 9.48 Å². The zero-order valence-corrected chi connectivity index (χ0v) is 16.2. The van der Waals surface area contributed by atoms with Gasteiger partial charge in [0, 0.05) is 5.69 Å². The number of rotatable bonds is 9. The molecular weight excluding hydrogens is 346 g/mol. The van der Waals surface area contributed by atoms with Crippen LogP contribution in [0.2, 0.25) is 0 Å². The van der Waals surface area contributed by atoms with Gasteiger partial charge >= 0.3 is 5.97 Å². The average molecular weight is 373 g/mol. The number of amides is 1. The summed E-state index contributed by atoms with van der Waals surface area (Å²) >= 11 is 0. The van der Waals surface area contributed by atoms with E-state index in [0.29, 0.717) is 17.5 Å². The number of aryl methyl sites for hydroxylation is 1. The van der Waals surface area contributed by atoms with E-state index in [1.165, 1.54) is 0 Å². The van der Waals surface area contributed by atoms with Crippen LogP contribution < -0.4 is 10.1 Å². The molecule has 1 amide bonds. The Morgan fingerprint density at radius 1 is 1.22 bits per heavy atom. The molecule has 7 nitrogen and oxygen atoms in total. The number of hydrogen-bond donors (Lipinski definition) is 2. The average Bonchev–Trinajstić information content (AvgIpc) is 3.03. The van der Waals surface area contributed by atoms with Gasteiger partial charge in [0.15, 0.2) is 6.61 Å². The molecule has 146 valence electrons. The van der Waals surface area contributed by atoms with E-state index in [2.05, 4.69) is 24.3 Å². The second-order valence-corrected chi connectivity index (χ2v) is 6.53. The number of carboxylic acid groups (broad SMARTS) is 1. The molecule has 0 aliphatic carbocycles. The van der Waals surface area contributed by atoms with Gasteiger partial charge in [-0.05, 0) is 50.5 Å². The molecule has 0 radical (unpaired) electrons. The number of carboxylic acids is 1. The number of hydrogen-bond acceptors (Lipinski definition) is 4. The summed E-state index contributed by atoms with van der Waals surface area (Å²) in [5.41, 5.74) is 2.27. The minimum absolute atomic E-state index is 0.218. The van der Waals surface area contributed by atoms with Crippen LogP contribution in [-0.4, -0.2) is 33.4 Å². The number of aliphatic carboxylic acids is 1. The van der Waals surface area contributed by atoms with Crippen LogP contribution in [0, 0.1) is 6.92 Å². The van der Waals surface area contributed by atoms with Gasteiger partial charge in [-0.2, -0.15) is 5.10 Å². The fourth-order valence-corrected chi connectivity index (χ4v) is 2.95. The maximum atomic E-state index is 12.6. The zero-order valence-electron chi connectivity index (χ0n) is 16.2. The number of nitrogens with zero attached hydrogens (tertiary/aromatic N) is 2. The first-order valence-electron chi connectivity index (χ1n) is 9.17. The van der Waals surface area contributed by atoms with Gasteiger partial charge in [-0.25, -0.2) is 4.79 Å². The van der Waals surface area contributed by atoms with Crippen LogP contribution >= 0.6 is 0 Å². The topological polar surface area (TPSA) is 93.5 Å². The van der Waals surface area contributed by atoms with Crippen molar-refractivity contribution in [3.63, 3.8) is 0 Å². The number of aromatic nitrogens is 2. The molecule has 0 aliphatic rings. The largest absolute Gasteiger partial charge is 0.482 e. The number of ether oxygens (including phenoxy) is 1. The lowest BCUT2D eigenvalue weighted by atomic mass is 10.1. The number of nitrogens with one attached hydrogen (secondary N) is 1. The van der Waals surface area contributed by atoms with E-state index in [1.807, 2.05) is 24.6 Å². The molecule has 1 unspecified atom stereocenters. The van der Waals surface area contributed by atoms with Crippen molar-refractivity contribution in [1.82, 2.24) is 15.1 Å². The van der Waals surface area contributed by atoms with Crippen molar-refractivity contribution >= 4 is 11.9 Å². The first kappa shape index (κ1) is 20.5. The Kier molecular flexibility index (Phi) is 6.98. The Morgan fingerprint density at radius 2 is 1.85 bits per heavy atom. The van der Waals surface area contributed by atoms with Crippen molar-refractivity contribution in [2.45, 2.75) is 52.6 Å². The summed E-state index contributed by atoms with van der Waals surface area (Å²) in [6, 6.07) is 8.86. The van der Waals surface area contributed by atoms with Crippen molar-refractivity contribution in [3.05, 3.63) is 47.3 Å². The van der Waals surface area contributed by atoms with Crippen LogP contribution in [0.1, 0.15) is 67.4 Å². The highest BCUT2D eigenvalue weighted by Gasteiger charge is 2.18. The lowest BCUT2D eigenvalue weighted by molar-refractivity contribution is -0.139. The molecule has 1 heterocycles. The zero-order chi connectivity index (χ0) is 20.0. The lowest BCUT2D eigenvalue weighted by Crippen LogP contribution is -2.27. The first-order valence-corrected chi connectivity index (χ1v) is 9.17. The molecule has 0 spiro atoms. The molecule has 0 saturated carbocycles. The molecule has 2 rings (SSSR count). The maximum absolute atomic E-state index is 12.6. The van der Waals surface area contributed by atoms with Crippen LogP contribution in [-0.2, 0) is 4.79 Å². The third-order valence-electron chi connectivity index (χ3n) is 4.53. The SMILES string of the molecule is CCC(CC)n1nc(C(=O)NC(C)c2ccc(OCC(=O)O)cc2)cc1C. The van der Waals surface area contributed by atoms with Crippen molar-refractivity contribution < 1.29 is 19.4 Å². The Hall–Kier alpha value is -2.83. The van der Waals surface area contributed by atoms with E-state index in [4.69, 9.17) is 9.84 Å². The van der Waals surface area contributed by atoms with Crippen molar-refractivity contribution in [3.8, 4) is 5.75 Å². The predicted molar refractivity (Wildman–Crippen MR) is 102 cm³/mol. The molecule has 1 aromatic heterocycles. The van der Waals surface area contributed by atoms with E-state index in [-0.39, 0.29) is 18.6 Å². The second-order valence-electron chi connectivity index (χ2n) is 6.53. The molecule has 0 saturated heterocycles. The molecule has 0 aliphatic heterocycles. The van der Waals surface area contributed by atoms with Crippen LogP contribution in [0.15, 0.2) is 30.3 Å². The van der Waals surface area contributed by atoms with Gasteiger partial charge in [-0.15, -0.1) is 0 Å². The van der Waals surface area contributed by atoms with Gasteiger partial charge in [0.25, 0.3) is 5.91 Å². The molecule has 2 N–H and O–H groups in total. The quantitative estimate of drug-likeness (QED) is 0.702. The monoisotopic (exact) mass is 373 g/mol. The second kappa shape index (κ2) is 9.21. The fraction of sp³-hybridized carbons (Fsp3) is 0.450. The highest BCUT2D eigenvalue weighted by Crippen LogP contribution is 2.20. The Labute approximate surface area is 159 Å². The van der Waals surface area contributed by atoms with Crippen molar-refractivity contribution in [1.29, 1.82) is 0 Å². The van der Waals surface area contributed by atoms with E-state index >= 15 is 0 Å². The van der Waals surface area contributed by atoms with E-state index < -0.39 is 5.97 Å². The van der Waals surface area contributed by atoms with Crippen LogP contribution in [0.25, 0.3) is 0 Å². The molecule has 7 heteroatoms. The Balaban J connectivity index is 2.03. The normalized spacial score (nSPS) is 12.0. The smallest absolute Gasteiger partial charge is 0.341 e. The molecule has 1 atom stereocenters. The highest BCUT2D eigenvalue weighted by molar-refractivity contribution is 5.92. The van der Waals surface area contributed by atoms with Gasteiger partial charge in [-0.1, -0.05) is 26.0 Å². The highest BCUT2D eigenvalue weighted by atomic mass is 16.5. The maximum Gasteiger partial charge on any atom is 0.341 e. The summed E-state index contributed by atoms with van der Waals surface area (Å²) in [6.07, 6.45) is 1.93. The fourth-order valence-electron chi connectivity index (χ4n) is 2.95. The van der Waals surface area contributed by atoms with Crippen LogP contribution in [0.5, 0.6) is 5.75 Å². The third-order valence-corrected chi connectivity index (χ3v) is 4.53. The summed E-state index contributed by atoms with van der Waals surface area (Å²) in [6.45, 7) is 7.68. The van der Waals surface area contributed by atoms with Gasteiger partial charge in [0.2, 0.25) is 0 Å². The lowest BCUT2D eigenvalue weighted by Gasteiger charge is -2.15. The third kappa shape index (κ3) is 5.32. The molecule has 0 fully saturated rings. The minimum Gasteiger partial charge on any atom is -0.482 e. The molecule has 27 heavy (non-hydrogen) atoms. The molecule has 0 bridgehead atoms. The van der Waals surface area contributed by atoms with E-state index in [1.54, 1.807) is 24.3 Å². The minimum atomic E-state index is -1.03. The summed E-state index contributed by atoms with van der Waals surface area (Å²) < 4.78 is 7.04. The number of carbonyl (C=O) groups is 2. The Morgan fingerprint density at radius 3 is 2.41 bits per heavy atom. The molecular formula is C20H27N3O4. The van der Waals surface area contributed by atoms with Gasteiger partial charge < -0.3 is 15.2 Å². The number of benzene rings is 1. The molecule has 1 aromatic carbocycles. The Bertz CT molecular complexity index is 779. The number of carbonyl (C=O) groups excluding carboxylic acids is 1. The van der Waals surface area contributed by atoms with E-state index in [9.17, 15) is 9.59 Å². The van der Waals surface area contributed by atoms with Crippen molar-refractivity contribution in [2.75, 3.05) is 6.61 Å². The van der Waals surface area contributed by atoms with E-state index in [0.717, 1.165) is 24.1 Å².